The fourth-order valence-electron chi connectivity index (χ4n) is 1.32. The Kier molecular flexibility index (Phi) is 4.93. The van der Waals surface area contributed by atoms with Crippen molar-refractivity contribution >= 4 is 33.7 Å². The van der Waals surface area contributed by atoms with Gasteiger partial charge in [0, 0.05) is 12.4 Å². The molecule has 0 unspecified atom stereocenters. The van der Waals surface area contributed by atoms with E-state index in [1.165, 1.54) is 18.0 Å². The Morgan fingerprint density at radius 1 is 1.37 bits per heavy atom. The standard InChI is InChI=1S/C13H11BrN2O2S/c1-2-18-13(17)9-5-6-11(16-8-9)19-12-10(14)4-3-7-15-12/h3-8H,2H2,1H3. The molecule has 0 saturated heterocycles. The highest BCUT2D eigenvalue weighted by Gasteiger charge is 2.08. The zero-order chi connectivity index (χ0) is 13.7. The first-order chi connectivity index (χ1) is 9.20. The van der Waals surface area contributed by atoms with E-state index < -0.39 is 0 Å². The van der Waals surface area contributed by atoms with Crippen LogP contribution in [0, 0.1) is 0 Å². The normalized spacial score (nSPS) is 10.2. The summed E-state index contributed by atoms with van der Waals surface area (Å²) < 4.78 is 5.81. The van der Waals surface area contributed by atoms with Gasteiger partial charge in [-0.05, 0) is 58.9 Å². The van der Waals surface area contributed by atoms with E-state index in [0.29, 0.717) is 12.2 Å². The van der Waals surface area contributed by atoms with Gasteiger partial charge in [-0.25, -0.2) is 14.8 Å². The van der Waals surface area contributed by atoms with Gasteiger partial charge in [-0.15, -0.1) is 0 Å². The number of halogens is 1. The molecule has 98 valence electrons. The molecule has 0 N–H and O–H groups in total. The third-order valence-electron chi connectivity index (χ3n) is 2.17. The lowest BCUT2D eigenvalue weighted by molar-refractivity contribution is 0.0525. The predicted octanol–water partition coefficient (Wildman–Crippen LogP) is 3.57. The van der Waals surface area contributed by atoms with Crippen LogP contribution in [-0.2, 0) is 4.74 Å². The molecule has 0 aliphatic rings. The van der Waals surface area contributed by atoms with E-state index in [2.05, 4.69) is 25.9 Å². The lowest BCUT2D eigenvalue weighted by Crippen LogP contribution is -2.04. The van der Waals surface area contributed by atoms with Crippen molar-refractivity contribution in [1.82, 2.24) is 9.97 Å². The van der Waals surface area contributed by atoms with Crippen LogP contribution in [0.2, 0.25) is 0 Å². The minimum absolute atomic E-state index is 0.356. The highest BCUT2D eigenvalue weighted by atomic mass is 79.9. The topological polar surface area (TPSA) is 52.1 Å². The number of carbonyl (C=O) groups excluding carboxylic acids is 1. The van der Waals surface area contributed by atoms with Gasteiger partial charge < -0.3 is 4.74 Å². The smallest absolute Gasteiger partial charge is 0.339 e. The largest absolute Gasteiger partial charge is 0.462 e. The maximum Gasteiger partial charge on any atom is 0.339 e. The molecule has 0 fully saturated rings. The molecule has 0 aliphatic carbocycles. The predicted molar refractivity (Wildman–Crippen MR) is 76.3 cm³/mol. The third kappa shape index (κ3) is 3.78. The molecule has 6 heteroatoms. The molecular formula is C13H11BrN2O2S. The Labute approximate surface area is 123 Å². The Bertz CT molecular complexity index is 575. The Hall–Kier alpha value is -1.40. The molecule has 0 spiro atoms. The Balaban J connectivity index is 2.11. The summed E-state index contributed by atoms with van der Waals surface area (Å²) in [5.41, 5.74) is 0.450. The molecule has 0 atom stereocenters. The summed E-state index contributed by atoms with van der Waals surface area (Å²) in [6.07, 6.45) is 3.23. The second-order valence-electron chi connectivity index (χ2n) is 3.50. The van der Waals surface area contributed by atoms with Crippen molar-refractivity contribution in [2.45, 2.75) is 17.0 Å². The Morgan fingerprint density at radius 2 is 2.21 bits per heavy atom. The molecule has 2 aromatic rings. The maximum absolute atomic E-state index is 11.5. The molecule has 4 nitrogen and oxygen atoms in total. The summed E-state index contributed by atoms with van der Waals surface area (Å²) in [6.45, 7) is 2.13. The molecule has 19 heavy (non-hydrogen) atoms. The summed E-state index contributed by atoms with van der Waals surface area (Å²) in [6, 6.07) is 7.25. The van der Waals surface area contributed by atoms with E-state index in [1.54, 1.807) is 25.3 Å². The van der Waals surface area contributed by atoms with Gasteiger partial charge in [0.15, 0.2) is 0 Å². The van der Waals surface area contributed by atoms with Crippen molar-refractivity contribution < 1.29 is 9.53 Å². The van der Waals surface area contributed by atoms with E-state index in [1.807, 2.05) is 12.1 Å². The van der Waals surface area contributed by atoms with Gasteiger partial charge in [0.1, 0.15) is 10.1 Å². The zero-order valence-corrected chi connectivity index (χ0v) is 12.6. The average Bonchev–Trinajstić information content (AvgIpc) is 2.42. The van der Waals surface area contributed by atoms with Gasteiger partial charge in [0.25, 0.3) is 0 Å². The van der Waals surface area contributed by atoms with Crippen LogP contribution in [0.25, 0.3) is 0 Å². The number of pyridine rings is 2. The number of hydrogen-bond donors (Lipinski definition) is 0. The summed E-state index contributed by atoms with van der Waals surface area (Å²) in [7, 11) is 0. The molecule has 0 bridgehead atoms. The molecule has 2 rings (SSSR count). The van der Waals surface area contributed by atoms with Gasteiger partial charge >= 0.3 is 5.97 Å². The van der Waals surface area contributed by atoms with Crippen LogP contribution in [0.4, 0.5) is 0 Å². The van der Waals surface area contributed by atoms with Crippen LogP contribution in [0.5, 0.6) is 0 Å². The van der Waals surface area contributed by atoms with Crippen molar-refractivity contribution in [3.05, 3.63) is 46.7 Å². The quantitative estimate of drug-likeness (QED) is 0.797. The molecule has 0 saturated carbocycles. The number of nitrogens with zero attached hydrogens (tertiary/aromatic N) is 2. The number of ether oxygens (including phenoxy) is 1. The van der Waals surface area contributed by atoms with Crippen molar-refractivity contribution in [2.24, 2.45) is 0 Å². The van der Waals surface area contributed by atoms with Crippen LogP contribution >= 0.6 is 27.7 Å². The molecule has 0 amide bonds. The monoisotopic (exact) mass is 338 g/mol. The second-order valence-corrected chi connectivity index (χ2v) is 5.36. The highest BCUT2D eigenvalue weighted by molar-refractivity contribution is 9.10. The summed E-state index contributed by atoms with van der Waals surface area (Å²) >= 11 is 4.85. The van der Waals surface area contributed by atoms with Crippen molar-refractivity contribution in [3.63, 3.8) is 0 Å². The van der Waals surface area contributed by atoms with Gasteiger partial charge in [-0.1, -0.05) is 0 Å². The van der Waals surface area contributed by atoms with Gasteiger partial charge in [-0.3, -0.25) is 0 Å². The second kappa shape index (κ2) is 6.68. The fraction of sp³-hybridized carbons (Fsp3) is 0.154. The van der Waals surface area contributed by atoms with Crippen molar-refractivity contribution in [2.75, 3.05) is 6.61 Å². The minimum atomic E-state index is -0.356. The average molecular weight is 339 g/mol. The fourth-order valence-corrected chi connectivity index (χ4v) is 2.54. The summed E-state index contributed by atoms with van der Waals surface area (Å²) in [5, 5.41) is 1.60. The number of rotatable bonds is 4. The highest BCUT2D eigenvalue weighted by Crippen LogP contribution is 2.29. The summed E-state index contributed by atoms with van der Waals surface area (Å²) in [4.78, 5) is 19.9. The first-order valence-electron chi connectivity index (χ1n) is 5.62. The third-order valence-corrected chi connectivity index (χ3v) is 4.05. The van der Waals surface area contributed by atoms with Crippen LogP contribution in [0.3, 0.4) is 0 Å². The lowest BCUT2D eigenvalue weighted by atomic mass is 10.3. The van der Waals surface area contributed by atoms with Crippen LogP contribution in [-0.4, -0.2) is 22.5 Å². The van der Waals surface area contributed by atoms with E-state index in [0.717, 1.165) is 14.5 Å². The van der Waals surface area contributed by atoms with Crippen molar-refractivity contribution in [1.29, 1.82) is 0 Å². The number of esters is 1. The number of carbonyl (C=O) groups is 1. The molecule has 0 aromatic carbocycles. The van der Waals surface area contributed by atoms with Gasteiger partial charge in [0.2, 0.25) is 0 Å². The van der Waals surface area contributed by atoms with Gasteiger partial charge in [0.05, 0.1) is 16.6 Å². The molecular weight excluding hydrogens is 328 g/mol. The molecule has 0 aliphatic heterocycles. The summed E-state index contributed by atoms with van der Waals surface area (Å²) in [5.74, 6) is -0.356. The SMILES string of the molecule is CCOC(=O)c1ccc(Sc2ncccc2Br)nc1. The number of hydrogen-bond acceptors (Lipinski definition) is 5. The first kappa shape index (κ1) is 14.0. The maximum atomic E-state index is 11.5. The minimum Gasteiger partial charge on any atom is -0.462 e. The molecule has 2 aromatic heterocycles. The van der Waals surface area contributed by atoms with Crippen LogP contribution < -0.4 is 0 Å². The van der Waals surface area contributed by atoms with E-state index in [9.17, 15) is 4.79 Å². The van der Waals surface area contributed by atoms with Gasteiger partial charge in [-0.2, -0.15) is 0 Å². The zero-order valence-electron chi connectivity index (χ0n) is 10.2. The van der Waals surface area contributed by atoms with Crippen LogP contribution in [0.1, 0.15) is 17.3 Å². The number of aromatic nitrogens is 2. The van der Waals surface area contributed by atoms with E-state index in [4.69, 9.17) is 4.74 Å². The van der Waals surface area contributed by atoms with Crippen molar-refractivity contribution in [3.8, 4) is 0 Å². The van der Waals surface area contributed by atoms with Crippen LogP contribution in [0.15, 0.2) is 51.2 Å². The lowest BCUT2D eigenvalue weighted by Gasteiger charge is -2.04. The Morgan fingerprint density at radius 3 is 2.84 bits per heavy atom. The van der Waals surface area contributed by atoms with E-state index in [-0.39, 0.29) is 5.97 Å². The van der Waals surface area contributed by atoms with E-state index >= 15 is 0 Å². The molecule has 2 heterocycles. The first-order valence-corrected chi connectivity index (χ1v) is 7.23. The molecule has 0 radical (unpaired) electrons.